The topological polar surface area (TPSA) is 79.1 Å². The first-order chi connectivity index (χ1) is 10.8. The molecule has 23 heavy (non-hydrogen) atoms. The van der Waals surface area contributed by atoms with Crippen LogP contribution in [0.2, 0.25) is 0 Å². The lowest BCUT2D eigenvalue weighted by Crippen LogP contribution is -2.25. The van der Waals surface area contributed by atoms with E-state index in [9.17, 15) is 4.79 Å². The van der Waals surface area contributed by atoms with Crippen molar-refractivity contribution in [2.45, 2.75) is 38.5 Å². The van der Waals surface area contributed by atoms with E-state index < -0.39 is 5.60 Å². The van der Waals surface area contributed by atoms with E-state index in [4.69, 9.17) is 9.47 Å². The Morgan fingerprint density at radius 2 is 2.09 bits per heavy atom. The monoisotopic (exact) mass is 336 g/mol. The lowest BCUT2D eigenvalue weighted by Gasteiger charge is -2.19. The molecule has 0 unspecified atom stereocenters. The largest absolute Gasteiger partial charge is 0.494 e. The number of thioether (sulfide) groups is 1. The maximum Gasteiger partial charge on any atom is 0.316 e. The fraction of sp³-hybridized carbons (Fsp3) is 0.467. The molecular weight excluding hydrogens is 316 g/mol. The zero-order valence-electron chi connectivity index (χ0n) is 13.9. The summed E-state index contributed by atoms with van der Waals surface area (Å²) in [6.45, 7) is 7.46. The molecule has 8 heteroatoms. The van der Waals surface area contributed by atoms with Crippen LogP contribution in [0.25, 0.3) is 5.69 Å². The van der Waals surface area contributed by atoms with Crippen LogP contribution in [0.15, 0.2) is 23.4 Å². The minimum Gasteiger partial charge on any atom is -0.494 e. The molecule has 0 amide bonds. The summed E-state index contributed by atoms with van der Waals surface area (Å²) in [6.07, 6.45) is 0. The van der Waals surface area contributed by atoms with Crippen LogP contribution in [0.4, 0.5) is 0 Å². The predicted octanol–water partition coefficient (Wildman–Crippen LogP) is 2.41. The first kappa shape index (κ1) is 17.3. The third-order valence-electron chi connectivity index (χ3n) is 2.74. The number of hydrogen-bond acceptors (Lipinski definition) is 7. The lowest BCUT2D eigenvalue weighted by molar-refractivity contribution is -0.151. The van der Waals surface area contributed by atoms with Gasteiger partial charge >= 0.3 is 5.97 Å². The summed E-state index contributed by atoms with van der Waals surface area (Å²) >= 11 is 1.22. The molecule has 0 radical (unpaired) electrons. The van der Waals surface area contributed by atoms with Gasteiger partial charge in [-0.1, -0.05) is 17.8 Å². The zero-order chi connectivity index (χ0) is 17.0. The summed E-state index contributed by atoms with van der Waals surface area (Å²) in [4.78, 5) is 11.8. The first-order valence-electron chi connectivity index (χ1n) is 7.08. The minimum atomic E-state index is -0.511. The number of ether oxygens (including phenoxy) is 2. The average Bonchev–Trinajstić information content (AvgIpc) is 2.91. The zero-order valence-corrected chi connectivity index (χ0v) is 14.7. The summed E-state index contributed by atoms with van der Waals surface area (Å²) in [5.74, 6) is 0.474. The van der Waals surface area contributed by atoms with Crippen LogP contribution in [0.3, 0.4) is 0 Å². The Balaban J connectivity index is 2.17. The van der Waals surface area contributed by atoms with Crippen LogP contribution in [0.1, 0.15) is 26.3 Å². The second-order valence-corrected chi connectivity index (χ2v) is 6.87. The number of aryl methyl sites for hydroxylation is 1. The number of tetrazole rings is 1. The van der Waals surface area contributed by atoms with E-state index in [0.717, 1.165) is 11.3 Å². The number of methoxy groups -OCH3 is 1. The molecule has 1 aromatic heterocycles. The van der Waals surface area contributed by atoms with E-state index in [1.54, 1.807) is 11.8 Å². The molecule has 124 valence electrons. The van der Waals surface area contributed by atoms with Gasteiger partial charge in [0.1, 0.15) is 17.0 Å². The second kappa shape index (κ2) is 6.99. The highest BCUT2D eigenvalue weighted by Crippen LogP contribution is 2.27. The Labute approximate surface area is 139 Å². The number of carbonyl (C=O) groups excluding carboxylic acids is 1. The molecule has 1 aromatic carbocycles. The first-order valence-corrected chi connectivity index (χ1v) is 8.07. The number of nitrogens with zero attached hydrogens (tertiary/aromatic N) is 4. The highest BCUT2D eigenvalue weighted by Gasteiger charge is 2.19. The molecule has 2 rings (SSSR count). The number of aromatic nitrogens is 4. The van der Waals surface area contributed by atoms with Crippen molar-refractivity contribution in [1.82, 2.24) is 20.2 Å². The predicted molar refractivity (Wildman–Crippen MR) is 87.0 cm³/mol. The number of esters is 1. The van der Waals surface area contributed by atoms with Crippen LogP contribution < -0.4 is 4.74 Å². The van der Waals surface area contributed by atoms with E-state index in [1.165, 1.54) is 11.8 Å². The Kier molecular flexibility index (Phi) is 5.25. The van der Waals surface area contributed by atoms with Crippen molar-refractivity contribution >= 4 is 17.7 Å². The molecule has 1 heterocycles. The smallest absolute Gasteiger partial charge is 0.316 e. The molecule has 0 aliphatic carbocycles. The van der Waals surface area contributed by atoms with Gasteiger partial charge in [-0.25, -0.2) is 0 Å². The van der Waals surface area contributed by atoms with E-state index in [1.807, 2.05) is 45.9 Å². The highest BCUT2D eigenvalue weighted by molar-refractivity contribution is 7.99. The van der Waals surface area contributed by atoms with Crippen molar-refractivity contribution < 1.29 is 14.3 Å². The molecule has 0 aliphatic heterocycles. The van der Waals surface area contributed by atoms with Crippen LogP contribution in [-0.2, 0) is 9.53 Å². The second-order valence-electron chi connectivity index (χ2n) is 5.92. The summed E-state index contributed by atoms with van der Waals surface area (Å²) in [5.41, 5.74) is 1.27. The van der Waals surface area contributed by atoms with Gasteiger partial charge in [0.05, 0.1) is 12.9 Å². The maximum absolute atomic E-state index is 11.8. The van der Waals surface area contributed by atoms with Crippen LogP contribution in [0.5, 0.6) is 5.75 Å². The Hall–Kier alpha value is -2.09. The minimum absolute atomic E-state index is 0.131. The number of rotatable bonds is 5. The van der Waals surface area contributed by atoms with Crippen LogP contribution >= 0.6 is 11.8 Å². The average molecular weight is 336 g/mol. The van der Waals surface area contributed by atoms with Gasteiger partial charge in [-0.05, 0) is 55.8 Å². The molecule has 0 aliphatic rings. The van der Waals surface area contributed by atoms with E-state index in [-0.39, 0.29) is 11.7 Å². The van der Waals surface area contributed by atoms with Gasteiger partial charge in [0.2, 0.25) is 5.16 Å². The summed E-state index contributed by atoms with van der Waals surface area (Å²) < 4.78 is 12.2. The molecule has 0 atom stereocenters. The van der Waals surface area contributed by atoms with E-state index >= 15 is 0 Å². The third-order valence-corrected chi connectivity index (χ3v) is 3.64. The van der Waals surface area contributed by atoms with Crippen molar-refractivity contribution in [3.63, 3.8) is 0 Å². The lowest BCUT2D eigenvalue weighted by atomic mass is 10.2. The Bertz CT molecular complexity index is 694. The van der Waals surface area contributed by atoms with Crippen molar-refractivity contribution in [2.75, 3.05) is 12.9 Å². The molecule has 2 aromatic rings. The van der Waals surface area contributed by atoms with Gasteiger partial charge in [-0.15, -0.1) is 5.10 Å². The quantitative estimate of drug-likeness (QED) is 0.613. The van der Waals surface area contributed by atoms with Gasteiger partial charge in [0.25, 0.3) is 0 Å². The molecule has 0 N–H and O–H groups in total. The van der Waals surface area contributed by atoms with Gasteiger partial charge < -0.3 is 9.47 Å². The van der Waals surface area contributed by atoms with Crippen molar-refractivity contribution in [3.05, 3.63) is 23.8 Å². The third kappa shape index (κ3) is 4.69. The molecule has 0 saturated carbocycles. The van der Waals surface area contributed by atoms with Crippen molar-refractivity contribution in [2.24, 2.45) is 0 Å². The Morgan fingerprint density at radius 3 is 2.74 bits per heavy atom. The summed E-state index contributed by atoms with van der Waals surface area (Å²) in [5, 5.41) is 12.1. The summed E-state index contributed by atoms with van der Waals surface area (Å²) in [7, 11) is 1.59. The van der Waals surface area contributed by atoms with E-state index in [2.05, 4.69) is 15.5 Å². The number of hydrogen-bond donors (Lipinski definition) is 0. The normalized spacial score (nSPS) is 11.3. The van der Waals surface area contributed by atoms with Gasteiger partial charge in [0, 0.05) is 0 Å². The number of benzene rings is 1. The molecule has 0 fully saturated rings. The maximum atomic E-state index is 11.8. The SMILES string of the molecule is COc1ccc(C)cc1-n1nnnc1SCC(=O)OC(C)(C)C. The number of carbonyl (C=O) groups is 1. The van der Waals surface area contributed by atoms with E-state index in [0.29, 0.717) is 10.9 Å². The van der Waals surface area contributed by atoms with Gasteiger partial charge in [-0.3, -0.25) is 4.79 Å². The van der Waals surface area contributed by atoms with Gasteiger partial charge in [-0.2, -0.15) is 4.68 Å². The van der Waals surface area contributed by atoms with Crippen molar-refractivity contribution in [3.8, 4) is 11.4 Å². The van der Waals surface area contributed by atoms with Crippen LogP contribution in [-0.4, -0.2) is 44.6 Å². The molecule has 7 nitrogen and oxygen atoms in total. The van der Waals surface area contributed by atoms with Gasteiger partial charge in [0.15, 0.2) is 0 Å². The molecule has 0 bridgehead atoms. The fourth-order valence-corrected chi connectivity index (χ4v) is 2.54. The standard InChI is InChI=1S/C15H20N4O3S/c1-10-6-7-12(21-5)11(8-10)19-14(16-17-18-19)23-9-13(20)22-15(2,3)4/h6-8H,9H2,1-5H3. The highest BCUT2D eigenvalue weighted by atomic mass is 32.2. The molecular formula is C15H20N4O3S. The van der Waals surface area contributed by atoms with Crippen LogP contribution in [0, 0.1) is 6.92 Å². The fourth-order valence-electron chi connectivity index (χ4n) is 1.88. The Morgan fingerprint density at radius 1 is 1.35 bits per heavy atom. The van der Waals surface area contributed by atoms with Crippen molar-refractivity contribution in [1.29, 1.82) is 0 Å². The summed E-state index contributed by atoms with van der Waals surface area (Å²) in [6, 6.07) is 5.72. The molecule has 0 spiro atoms. The molecule has 0 saturated heterocycles.